The van der Waals surface area contributed by atoms with Crippen LogP contribution in [0.1, 0.15) is 51.6 Å². The Morgan fingerprint density at radius 2 is 1.68 bits per heavy atom. The zero-order valence-corrected chi connectivity index (χ0v) is 23.6. The summed E-state index contributed by atoms with van der Waals surface area (Å²) in [5.74, 6) is -1.37. The van der Waals surface area contributed by atoms with Gasteiger partial charge in [-0.15, -0.1) is 0 Å². The van der Waals surface area contributed by atoms with Crippen molar-refractivity contribution in [1.82, 2.24) is 14.0 Å². The summed E-state index contributed by atoms with van der Waals surface area (Å²) in [6.45, 7) is 7.00. The molecule has 0 unspecified atom stereocenters. The van der Waals surface area contributed by atoms with Crippen LogP contribution in [-0.2, 0) is 20.9 Å². The third kappa shape index (κ3) is 4.84. The number of alkyl halides is 3. The Hall–Kier alpha value is -3.91. The van der Waals surface area contributed by atoms with Gasteiger partial charge in [-0.3, -0.25) is 9.59 Å². The van der Waals surface area contributed by atoms with Crippen LogP contribution < -0.4 is 5.73 Å². The van der Waals surface area contributed by atoms with Gasteiger partial charge in [0.2, 0.25) is 10.0 Å². The minimum Gasteiger partial charge on any atom is -0.372 e. The number of carbonyl (C=O) groups excluding carboxylic acids is 2. The van der Waals surface area contributed by atoms with Crippen molar-refractivity contribution in [3.8, 4) is 11.1 Å². The van der Waals surface area contributed by atoms with Crippen LogP contribution in [0.3, 0.4) is 0 Å². The SMILES string of the molecule is Cc1noc(C)c1-c1cc(C(N)=O)c2c(c1)c1c(C(=O)N3C[C@@H](C)O[C@@H](C)C3)cc(C(F)(F)F)cc1n2S(C)(=O)=O. The summed E-state index contributed by atoms with van der Waals surface area (Å²) in [7, 11) is -4.33. The number of rotatable bonds is 4. The molecular weight excluding hydrogens is 565 g/mol. The molecule has 14 heteroatoms. The largest absolute Gasteiger partial charge is 0.416 e. The normalized spacial score (nSPS) is 18.4. The maximum Gasteiger partial charge on any atom is 0.416 e. The molecule has 0 radical (unpaired) electrons. The van der Waals surface area contributed by atoms with Crippen LogP contribution in [-0.4, -0.2) is 65.8 Å². The monoisotopic (exact) mass is 592 g/mol. The molecule has 4 aromatic rings. The van der Waals surface area contributed by atoms with E-state index in [4.69, 9.17) is 15.0 Å². The molecule has 2 N–H and O–H groups in total. The molecule has 1 aliphatic heterocycles. The molecule has 2 atom stereocenters. The third-order valence-corrected chi connectivity index (χ3v) is 8.14. The van der Waals surface area contributed by atoms with Gasteiger partial charge in [-0.05, 0) is 57.5 Å². The van der Waals surface area contributed by atoms with Crippen LogP contribution >= 0.6 is 0 Å². The summed E-state index contributed by atoms with van der Waals surface area (Å²) in [5, 5.41) is 3.92. The average molecular weight is 593 g/mol. The molecule has 3 heterocycles. The topological polar surface area (TPSA) is 138 Å². The lowest BCUT2D eigenvalue weighted by Gasteiger charge is -2.35. The zero-order valence-electron chi connectivity index (χ0n) is 22.8. The van der Waals surface area contributed by atoms with E-state index in [1.54, 1.807) is 27.7 Å². The summed E-state index contributed by atoms with van der Waals surface area (Å²) in [6, 6.07) is 4.23. The van der Waals surface area contributed by atoms with Gasteiger partial charge in [0, 0.05) is 29.4 Å². The fourth-order valence-corrected chi connectivity index (χ4v) is 6.68. The van der Waals surface area contributed by atoms with Gasteiger partial charge >= 0.3 is 6.18 Å². The van der Waals surface area contributed by atoms with Gasteiger partial charge in [-0.25, -0.2) is 12.4 Å². The number of primary amides is 1. The second-order valence-electron chi connectivity index (χ2n) is 10.4. The molecule has 1 aliphatic rings. The highest BCUT2D eigenvalue weighted by Crippen LogP contribution is 2.42. The summed E-state index contributed by atoms with van der Waals surface area (Å²) in [4.78, 5) is 28.1. The fraction of sp³-hybridized carbons (Fsp3) is 0.370. The number of hydrogen-bond acceptors (Lipinski definition) is 7. The Kier molecular flexibility index (Phi) is 6.69. The number of morpholine rings is 1. The number of halogens is 3. The highest BCUT2D eigenvalue weighted by atomic mass is 32.2. The molecular formula is C27H27F3N4O6S. The van der Waals surface area contributed by atoms with Crippen LogP contribution in [0.4, 0.5) is 13.2 Å². The van der Waals surface area contributed by atoms with Crippen molar-refractivity contribution in [3.63, 3.8) is 0 Å². The molecule has 2 aromatic heterocycles. The van der Waals surface area contributed by atoms with Gasteiger partial charge in [-0.2, -0.15) is 13.2 Å². The van der Waals surface area contributed by atoms with Crippen LogP contribution in [0.15, 0.2) is 28.8 Å². The van der Waals surface area contributed by atoms with E-state index >= 15 is 0 Å². The second kappa shape index (κ2) is 9.58. The number of nitrogens with two attached hydrogens (primary N) is 1. The molecule has 5 rings (SSSR count). The molecule has 10 nitrogen and oxygen atoms in total. The molecule has 0 spiro atoms. The molecule has 2 aromatic carbocycles. The van der Waals surface area contributed by atoms with E-state index in [-0.39, 0.29) is 52.7 Å². The Balaban J connectivity index is 1.99. The predicted octanol–water partition coefficient (Wildman–Crippen LogP) is 4.24. The molecule has 218 valence electrons. The lowest BCUT2D eigenvalue weighted by molar-refractivity contribution is -0.137. The number of nitrogens with zero attached hydrogens (tertiary/aromatic N) is 3. The number of ether oxygens (including phenoxy) is 1. The number of benzene rings is 2. The Bertz CT molecular complexity index is 1830. The number of fused-ring (bicyclic) bond motifs is 3. The first-order valence-corrected chi connectivity index (χ1v) is 14.5. The van der Waals surface area contributed by atoms with E-state index in [1.165, 1.54) is 17.0 Å². The molecule has 0 bridgehead atoms. The van der Waals surface area contributed by atoms with Gasteiger partial charge in [0.15, 0.2) is 0 Å². The number of hydrogen-bond donors (Lipinski definition) is 1. The summed E-state index contributed by atoms with van der Waals surface area (Å²) in [5.41, 5.74) is 4.52. The molecule has 2 amide bonds. The lowest BCUT2D eigenvalue weighted by Crippen LogP contribution is -2.48. The number of carbonyl (C=O) groups is 2. The van der Waals surface area contributed by atoms with Gasteiger partial charge < -0.3 is 19.9 Å². The zero-order chi connectivity index (χ0) is 30.2. The van der Waals surface area contributed by atoms with E-state index < -0.39 is 39.1 Å². The van der Waals surface area contributed by atoms with Crippen molar-refractivity contribution in [1.29, 1.82) is 0 Å². The average Bonchev–Trinajstić information content (AvgIpc) is 3.37. The highest BCUT2D eigenvalue weighted by Gasteiger charge is 2.37. The van der Waals surface area contributed by atoms with Gasteiger partial charge in [0.05, 0.1) is 51.9 Å². The number of amides is 2. The van der Waals surface area contributed by atoms with Crippen LogP contribution in [0.25, 0.3) is 32.9 Å². The Morgan fingerprint density at radius 1 is 1.05 bits per heavy atom. The molecule has 0 aliphatic carbocycles. The number of aromatic nitrogens is 2. The van der Waals surface area contributed by atoms with Crippen LogP contribution in [0.5, 0.6) is 0 Å². The molecule has 1 saturated heterocycles. The van der Waals surface area contributed by atoms with Gasteiger partial charge in [0.1, 0.15) is 5.76 Å². The quantitative estimate of drug-likeness (QED) is 0.374. The van der Waals surface area contributed by atoms with Crippen LogP contribution in [0, 0.1) is 13.8 Å². The van der Waals surface area contributed by atoms with Crippen molar-refractivity contribution < 1.29 is 40.4 Å². The maximum absolute atomic E-state index is 14.2. The van der Waals surface area contributed by atoms with E-state index in [9.17, 15) is 31.2 Å². The Morgan fingerprint density at radius 3 is 2.20 bits per heavy atom. The first-order chi connectivity index (χ1) is 19.0. The first kappa shape index (κ1) is 28.6. The smallest absolute Gasteiger partial charge is 0.372 e. The maximum atomic E-state index is 14.2. The standard InChI is InChI=1S/C27H27F3N4O6S/c1-12-10-33(11-13(2)39-12)26(36)19-8-17(27(28,29)30)9-21-23(19)18-6-16(22-14(3)32-40-15(22)4)7-20(25(31)35)24(18)34(21)41(5,37)38/h6-9,12-13H,10-11H2,1-5H3,(H2,31,35)/t12-,13+. The third-order valence-electron chi connectivity index (χ3n) is 7.10. The summed E-state index contributed by atoms with van der Waals surface area (Å²) in [6.07, 6.45) is -4.88. The van der Waals surface area contributed by atoms with Crippen molar-refractivity contribution in [2.45, 2.75) is 46.1 Å². The Labute approximate surface area is 232 Å². The van der Waals surface area contributed by atoms with Gasteiger partial charge in [0.25, 0.3) is 11.8 Å². The summed E-state index contributed by atoms with van der Waals surface area (Å²) >= 11 is 0. The minimum absolute atomic E-state index is 0.0585. The van der Waals surface area contributed by atoms with Crippen molar-refractivity contribution >= 4 is 43.6 Å². The van der Waals surface area contributed by atoms with Gasteiger partial charge in [-0.1, -0.05) is 5.16 Å². The fourth-order valence-electron chi connectivity index (χ4n) is 5.65. The number of aryl methyl sites for hydroxylation is 2. The molecule has 41 heavy (non-hydrogen) atoms. The molecule has 0 saturated carbocycles. The van der Waals surface area contributed by atoms with E-state index in [2.05, 4.69) is 5.16 Å². The summed E-state index contributed by atoms with van der Waals surface area (Å²) < 4.78 is 80.4. The minimum atomic E-state index is -4.91. The predicted molar refractivity (Wildman–Crippen MR) is 144 cm³/mol. The lowest BCUT2D eigenvalue weighted by atomic mass is 9.95. The highest BCUT2D eigenvalue weighted by molar-refractivity contribution is 7.89. The van der Waals surface area contributed by atoms with E-state index in [0.29, 0.717) is 38.7 Å². The first-order valence-electron chi connectivity index (χ1n) is 12.6. The second-order valence-corrected chi connectivity index (χ2v) is 12.2. The van der Waals surface area contributed by atoms with E-state index in [0.717, 1.165) is 6.26 Å². The van der Waals surface area contributed by atoms with Crippen LogP contribution in [0.2, 0.25) is 0 Å². The van der Waals surface area contributed by atoms with Crippen molar-refractivity contribution in [2.75, 3.05) is 19.3 Å². The van der Waals surface area contributed by atoms with Crippen molar-refractivity contribution in [3.05, 3.63) is 52.4 Å². The molecule has 1 fully saturated rings. The van der Waals surface area contributed by atoms with E-state index in [1.807, 2.05) is 0 Å². The van der Waals surface area contributed by atoms with Crippen molar-refractivity contribution in [2.24, 2.45) is 5.73 Å².